The molecule has 2 fully saturated rings. The van der Waals surface area contributed by atoms with Crippen LogP contribution >= 0.6 is 11.8 Å². The van der Waals surface area contributed by atoms with Crippen LogP contribution in [0.4, 0.5) is 10.5 Å². The lowest BCUT2D eigenvalue weighted by Crippen LogP contribution is -2.37. The number of benzene rings is 1. The van der Waals surface area contributed by atoms with Gasteiger partial charge in [0.1, 0.15) is 12.1 Å². The van der Waals surface area contributed by atoms with Crippen molar-refractivity contribution in [2.24, 2.45) is 0 Å². The summed E-state index contributed by atoms with van der Waals surface area (Å²) >= 11 is 0.846. The van der Waals surface area contributed by atoms with Crippen LogP contribution in [0.5, 0.6) is 0 Å². The van der Waals surface area contributed by atoms with E-state index in [1.807, 2.05) is 24.3 Å². The molecule has 2 aliphatic rings. The SMILES string of the molecule is CC(C)(C)OC(=O)CN1C(=O)S/C(=C/c2ccc(N3CCCC3)cc2)C1=O. The molecule has 0 saturated carbocycles. The highest BCUT2D eigenvalue weighted by Gasteiger charge is 2.37. The van der Waals surface area contributed by atoms with Crippen molar-refractivity contribution in [1.82, 2.24) is 4.90 Å². The smallest absolute Gasteiger partial charge is 0.326 e. The summed E-state index contributed by atoms with van der Waals surface area (Å²) in [5.74, 6) is -1.06. The van der Waals surface area contributed by atoms with Gasteiger partial charge in [-0.15, -0.1) is 0 Å². The van der Waals surface area contributed by atoms with Crippen molar-refractivity contribution in [3.05, 3.63) is 34.7 Å². The van der Waals surface area contributed by atoms with E-state index in [2.05, 4.69) is 4.90 Å². The molecule has 144 valence electrons. The number of carbonyl (C=O) groups is 3. The van der Waals surface area contributed by atoms with E-state index in [0.717, 1.165) is 35.3 Å². The van der Waals surface area contributed by atoms with Crippen LogP contribution in [0.1, 0.15) is 39.2 Å². The summed E-state index contributed by atoms with van der Waals surface area (Å²) < 4.78 is 5.19. The van der Waals surface area contributed by atoms with Crippen LogP contribution in [-0.2, 0) is 14.3 Å². The molecule has 0 spiro atoms. The molecule has 2 saturated heterocycles. The van der Waals surface area contributed by atoms with Crippen LogP contribution in [0, 0.1) is 0 Å². The Morgan fingerprint density at radius 2 is 1.78 bits per heavy atom. The second-order valence-corrected chi connectivity index (χ2v) is 8.63. The minimum absolute atomic E-state index is 0.317. The maximum atomic E-state index is 12.5. The minimum Gasteiger partial charge on any atom is -0.459 e. The quantitative estimate of drug-likeness (QED) is 0.579. The maximum Gasteiger partial charge on any atom is 0.326 e. The average molecular weight is 388 g/mol. The molecule has 0 N–H and O–H groups in total. The van der Waals surface area contributed by atoms with Crippen molar-refractivity contribution >= 4 is 40.6 Å². The zero-order chi connectivity index (χ0) is 19.6. The largest absolute Gasteiger partial charge is 0.459 e. The number of imide groups is 1. The molecule has 0 bridgehead atoms. The van der Waals surface area contributed by atoms with E-state index in [1.165, 1.54) is 18.5 Å². The molecule has 2 heterocycles. The van der Waals surface area contributed by atoms with Crippen molar-refractivity contribution in [3.8, 4) is 0 Å². The zero-order valence-corrected chi connectivity index (χ0v) is 16.7. The molecule has 2 aliphatic heterocycles. The number of esters is 1. The third kappa shape index (κ3) is 4.91. The molecule has 3 rings (SSSR count). The summed E-state index contributed by atoms with van der Waals surface area (Å²) in [6, 6.07) is 7.94. The fraction of sp³-hybridized carbons (Fsp3) is 0.450. The molecule has 7 heteroatoms. The van der Waals surface area contributed by atoms with Crippen LogP contribution in [0.25, 0.3) is 6.08 Å². The number of ether oxygens (including phenoxy) is 1. The number of hydrogen-bond acceptors (Lipinski definition) is 6. The van der Waals surface area contributed by atoms with Gasteiger partial charge < -0.3 is 9.64 Å². The Labute approximate surface area is 163 Å². The standard InChI is InChI=1S/C20H24N2O4S/c1-20(2,3)26-17(23)13-22-18(24)16(27-19(22)25)12-14-6-8-15(9-7-14)21-10-4-5-11-21/h6-9,12H,4-5,10-11,13H2,1-3H3/b16-12+. The van der Waals surface area contributed by atoms with Gasteiger partial charge in [-0.2, -0.15) is 0 Å². The fourth-order valence-electron chi connectivity index (χ4n) is 3.05. The molecular weight excluding hydrogens is 364 g/mol. The summed E-state index contributed by atoms with van der Waals surface area (Å²) in [5, 5.41) is -0.453. The molecule has 1 aromatic rings. The van der Waals surface area contributed by atoms with Gasteiger partial charge in [0.2, 0.25) is 0 Å². The van der Waals surface area contributed by atoms with Gasteiger partial charge in [0, 0.05) is 18.8 Å². The van der Waals surface area contributed by atoms with Crippen LogP contribution in [0.15, 0.2) is 29.2 Å². The Bertz CT molecular complexity index is 774. The van der Waals surface area contributed by atoms with Gasteiger partial charge in [-0.1, -0.05) is 12.1 Å². The van der Waals surface area contributed by atoms with E-state index in [0.29, 0.717) is 4.91 Å². The number of amides is 2. The van der Waals surface area contributed by atoms with Gasteiger partial charge in [-0.05, 0) is 69.1 Å². The Morgan fingerprint density at radius 1 is 1.15 bits per heavy atom. The summed E-state index contributed by atoms with van der Waals surface area (Å²) in [6.45, 7) is 7.00. The third-order valence-electron chi connectivity index (χ3n) is 4.24. The summed E-state index contributed by atoms with van der Waals surface area (Å²) in [4.78, 5) is 40.1. The molecule has 27 heavy (non-hydrogen) atoms. The normalized spacial score (nSPS) is 19.3. The molecule has 2 amide bonds. The first-order valence-corrected chi connectivity index (χ1v) is 9.87. The lowest BCUT2D eigenvalue weighted by Gasteiger charge is -2.21. The van der Waals surface area contributed by atoms with Crippen LogP contribution in [-0.4, -0.2) is 47.3 Å². The molecule has 1 aromatic carbocycles. The maximum absolute atomic E-state index is 12.5. The van der Waals surface area contributed by atoms with Crippen LogP contribution < -0.4 is 4.90 Å². The summed E-state index contributed by atoms with van der Waals surface area (Å²) in [7, 11) is 0. The first-order valence-electron chi connectivity index (χ1n) is 9.05. The first kappa shape index (κ1) is 19.5. The summed E-state index contributed by atoms with van der Waals surface area (Å²) in [6.07, 6.45) is 4.12. The number of hydrogen-bond donors (Lipinski definition) is 0. The van der Waals surface area contributed by atoms with Gasteiger partial charge in [-0.25, -0.2) is 0 Å². The molecular formula is C20H24N2O4S. The number of nitrogens with zero attached hydrogens (tertiary/aromatic N) is 2. The highest BCUT2D eigenvalue weighted by atomic mass is 32.2. The predicted molar refractivity (Wildman–Crippen MR) is 106 cm³/mol. The van der Waals surface area contributed by atoms with E-state index >= 15 is 0 Å². The fourth-order valence-corrected chi connectivity index (χ4v) is 3.89. The van der Waals surface area contributed by atoms with E-state index in [1.54, 1.807) is 26.8 Å². The summed E-state index contributed by atoms with van der Waals surface area (Å²) in [5.41, 5.74) is 1.36. The monoisotopic (exact) mass is 388 g/mol. The Hall–Kier alpha value is -2.28. The van der Waals surface area contributed by atoms with E-state index in [4.69, 9.17) is 4.74 Å². The Balaban J connectivity index is 1.67. The van der Waals surface area contributed by atoms with Gasteiger partial charge >= 0.3 is 5.97 Å². The highest BCUT2D eigenvalue weighted by molar-refractivity contribution is 8.18. The van der Waals surface area contributed by atoms with Gasteiger partial charge in [-0.3, -0.25) is 19.3 Å². The van der Waals surface area contributed by atoms with Crippen molar-refractivity contribution in [1.29, 1.82) is 0 Å². The van der Waals surface area contributed by atoms with Gasteiger partial charge in [0.05, 0.1) is 4.91 Å². The van der Waals surface area contributed by atoms with E-state index < -0.39 is 22.7 Å². The topological polar surface area (TPSA) is 66.9 Å². The van der Waals surface area contributed by atoms with Crippen molar-refractivity contribution in [3.63, 3.8) is 0 Å². The lowest BCUT2D eigenvalue weighted by molar-refractivity contribution is -0.156. The predicted octanol–water partition coefficient (Wildman–Crippen LogP) is 3.66. The molecule has 0 aromatic heterocycles. The molecule has 0 atom stereocenters. The molecule has 0 unspecified atom stereocenters. The third-order valence-corrected chi connectivity index (χ3v) is 5.15. The minimum atomic E-state index is -0.661. The lowest BCUT2D eigenvalue weighted by atomic mass is 10.2. The van der Waals surface area contributed by atoms with Crippen LogP contribution in [0.2, 0.25) is 0 Å². The van der Waals surface area contributed by atoms with Crippen molar-refractivity contribution in [2.75, 3.05) is 24.5 Å². The van der Waals surface area contributed by atoms with Crippen molar-refractivity contribution < 1.29 is 19.1 Å². The number of thioether (sulfide) groups is 1. The van der Waals surface area contributed by atoms with Crippen molar-refractivity contribution in [2.45, 2.75) is 39.2 Å². The number of anilines is 1. The number of rotatable bonds is 4. The highest BCUT2D eigenvalue weighted by Crippen LogP contribution is 2.32. The average Bonchev–Trinajstić information content (AvgIpc) is 3.19. The van der Waals surface area contributed by atoms with Gasteiger partial charge in [0.15, 0.2) is 0 Å². The zero-order valence-electron chi connectivity index (χ0n) is 15.9. The van der Waals surface area contributed by atoms with Crippen LogP contribution in [0.3, 0.4) is 0 Å². The second-order valence-electron chi connectivity index (χ2n) is 7.64. The second kappa shape index (κ2) is 7.76. The van der Waals surface area contributed by atoms with Gasteiger partial charge in [0.25, 0.3) is 11.1 Å². The number of carbonyl (C=O) groups excluding carboxylic acids is 3. The Kier molecular flexibility index (Phi) is 5.60. The first-order chi connectivity index (χ1) is 12.7. The molecule has 0 aliphatic carbocycles. The van der Waals surface area contributed by atoms with E-state index in [9.17, 15) is 14.4 Å². The van der Waals surface area contributed by atoms with E-state index in [-0.39, 0.29) is 6.54 Å². The Morgan fingerprint density at radius 3 is 2.37 bits per heavy atom. The molecule has 0 radical (unpaired) electrons. The molecule has 6 nitrogen and oxygen atoms in total.